The normalized spacial score (nSPS) is 23.2. The Kier molecular flexibility index (Phi) is 4.88. The van der Waals surface area contributed by atoms with Crippen molar-refractivity contribution in [2.45, 2.75) is 44.1 Å². The SMILES string of the molecule is C[C@H](CNC(=O)N1CC2(CCCC2)c2c(F)cccc21)N1CCOCC1. The molecule has 1 aromatic rings. The van der Waals surface area contributed by atoms with Gasteiger partial charge in [-0.05, 0) is 31.9 Å². The molecule has 1 spiro atoms. The van der Waals surface area contributed by atoms with Gasteiger partial charge in [0.25, 0.3) is 0 Å². The highest BCUT2D eigenvalue weighted by molar-refractivity contribution is 5.95. The van der Waals surface area contributed by atoms with Gasteiger partial charge in [-0.15, -0.1) is 0 Å². The van der Waals surface area contributed by atoms with E-state index in [4.69, 9.17) is 4.74 Å². The van der Waals surface area contributed by atoms with Crippen molar-refractivity contribution in [3.8, 4) is 0 Å². The maximum atomic E-state index is 14.6. The maximum absolute atomic E-state index is 14.6. The largest absolute Gasteiger partial charge is 0.379 e. The van der Waals surface area contributed by atoms with Crippen LogP contribution in [-0.4, -0.2) is 56.4 Å². The Labute approximate surface area is 154 Å². The minimum Gasteiger partial charge on any atom is -0.379 e. The first-order valence-corrected chi connectivity index (χ1v) is 9.77. The van der Waals surface area contributed by atoms with Crippen LogP contribution in [0.1, 0.15) is 38.2 Å². The minimum absolute atomic E-state index is 0.110. The van der Waals surface area contributed by atoms with E-state index in [2.05, 4.69) is 17.1 Å². The molecule has 0 unspecified atom stereocenters. The zero-order chi connectivity index (χ0) is 18.1. The standard InChI is InChI=1S/C20H28FN3O2/c1-15(23-9-11-26-12-10-23)13-22-19(25)24-14-20(7-2-3-8-20)18-16(21)5-4-6-17(18)24/h4-6,15H,2-3,7-14H2,1H3,(H,22,25)/t15-/m1/s1. The Balaban J connectivity index is 1.46. The second-order valence-corrected chi connectivity index (χ2v) is 7.89. The van der Waals surface area contributed by atoms with Crippen LogP contribution in [0, 0.1) is 5.82 Å². The molecule has 1 aliphatic carbocycles. The lowest BCUT2D eigenvalue weighted by molar-refractivity contribution is 0.0209. The van der Waals surface area contributed by atoms with Gasteiger partial charge in [-0.25, -0.2) is 9.18 Å². The number of urea groups is 1. The molecule has 2 fully saturated rings. The van der Waals surface area contributed by atoms with E-state index in [1.54, 1.807) is 11.0 Å². The number of morpholine rings is 1. The van der Waals surface area contributed by atoms with Crippen molar-refractivity contribution in [2.24, 2.45) is 0 Å². The van der Waals surface area contributed by atoms with Gasteiger partial charge in [-0.1, -0.05) is 18.9 Å². The monoisotopic (exact) mass is 361 g/mol. The zero-order valence-electron chi connectivity index (χ0n) is 15.5. The Bertz CT molecular complexity index is 669. The lowest BCUT2D eigenvalue weighted by Gasteiger charge is -2.32. The summed E-state index contributed by atoms with van der Waals surface area (Å²) in [5.74, 6) is -0.165. The summed E-state index contributed by atoms with van der Waals surface area (Å²) in [6.07, 6.45) is 4.15. The molecule has 2 aliphatic heterocycles. The molecule has 2 amide bonds. The van der Waals surface area contributed by atoms with Crippen LogP contribution in [0.3, 0.4) is 0 Å². The fourth-order valence-electron chi connectivity index (χ4n) is 4.85. The topological polar surface area (TPSA) is 44.8 Å². The van der Waals surface area contributed by atoms with E-state index in [0.717, 1.165) is 63.2 Å². The van der Waals surface area contributed by atoms with Crippen molar-refractivity contribution in [3.63, 3.8) is 0 Å². The molecule has 6 heteroatoms. The van der Waals surface area contributed by atoms with Crippen LogP contribution in [0.15, 0.2) is 18.2 Å². The number of ether oxygens (including phenoxy) is 1. The van der Waals surface area contributed by atoms with Crippen molar-refractivity contribution in [2.75, 3.05) is 44.3 Å². The van der Waals surface area contributed by atoms with Gasteiger partial charge >= 0.3 is 6.03 Å². The van der Waals surface area contributed by atoms with Gasteiger partial charge in [0.05, 0.1) is 18.9 Å². The van der Waals surface area contributed by atoms with Gasteiger partial charge < -0.3 is 10.1 Å². The number of fused-ring (bicyclic) bond motifs is 2. The molecule has 142 valence electrons. The molecule has 26 heavy (non-hydrogen) atoms. The highest BCUT2D eigenvalue weighted by Crippen LogP contribution is 2.51. The molecule has 1 atom stereocenters. The van der Waals surface area contributed by atoms with Crippen LogP contribution in [-0.2, 0) is 10.2 Å². The van der Waals surface area contributed by atoms with Gasteiger partial charge in [0.15, 0.2) is 0 Å². The number of amides is 2. The summed E-state index contributed by atoms with van der Waals surface area (Å²) in [7, 11) is 0. The number of nitrogens with zero attached hydrogens (tertiary/aromatic N) is 2. The van der Waals surface area contributed by atoms with E-state index in [9.17, 15) is 9.18 Å². The second kappa shape index (κ2) is 7.16. The average Bonchev–Trinajstić information content (AvgIpc) is 3.27. The number of anilines is 1. The number of nitrogens with one attached hydrogen (secondary N) is 1. The molecule has 0 radical (unpaired) electrons. The average molecular weight is 361 g/mol. The number of hydrogen-bond donors (Lipinski definition) is 1. The zero-order valence-corrected chi connectivity index (χ0v) is 15.5. The number of benzene rings is 1. The Morgan fingerprint density at radius 1 is 1.31 bits per heavy atom. The maximum Gasteiger partial charge on any atom is 0.321 e. The van der Waals surface area contributed by atoms with E-state index in [0.29, 0.717) is 13.1 Å². The van der Waals surface area contributed by atoms with Gasteiger partial charge in [0, 0.05) is 43.2 Å². The third-order valence-electron chi connectivity index (χ3n) is 6.30. The van der Waals surface area contributed by atoms with Crippen LogP contribution in [0.25, 0.3) is 0 Å². The molecule has 3 aliphatic rings. The van der Waals surface area contributed by atoms with Crippen LogP contribution >= 0.6 is 0 Å². The lowest BCUT2D eigenvalue weighted by atomic mass is 9.80. The van der Waals surface area contributed by atoms with Crippen molar-refractivity contribution >= 4 is 11.7 Å². The summed E-state index contributed by atoms with van der Waals surface area (Å²) in [6.45, 7) is 6.62. The van der Waals surface area contributed by atoms with E-state index in [1.165, 1.54) is 6.07 Å². The molecule has 0 bridgehead atoms. The Hall–Kier alpha value is -1.66. The van der Waals surface area contributed by atoms with Crippen molar-refractivity contribution in [1.29, 1.82) is 0 Å². The minimum atomic E-state index is -0.187. The molecular weight excluding hydrogens is 333 g/mol. The summed E-state index contributed by atoms with van der Waals surface area (Å²) in [4.78, 5) is 17.0. The fourth-order valence-corrected chi connectivity index (χ4v) is 4.85. The Morgan fingerprint density at radius 2 is 2.04 bits per heavy atom. The van der Waals surface area contributed by atoms with Crippen LogP contribution in [0.2, 0.25) is 0 Å². The molecule has 1 saturated heterocycles. The highest BCUT2D eigenvalue weighted by atomic mass is 19.1. The van der Waals surface area contributed by atoms with Crippen LogP contribution in [0.5, 0.6) is 0 Å². The number of rotatable bonds is 3. The number of hydrogen-bond acceptors (Lipinski definition) is 3. The second-order valence-electron chi connectivity index (χ2n) is 7.89. The molecule has 5 nitrogen and oxygen atoms in total. The molecule has 0 aromatic heterocycles. The molecular formula is C20H28FN3O2. The predicted octanol–water partition coefficient (Wildman–Crippen LogP) is 2.89. The smallest absolute Gasteiger partial charge is 0.321 e. The van der Waals surface area contributed by atoms with Gasteiger partial charge in [-0.3, -0.25) is 9.80 Å². The number of halogens is 1. The summed E-state index contributed by atoms with van der Waals surface area (Å²) in [6, 6.07) is 5.27. The first-order chi connectivity index (χ1) is 12.6. The summed E-state index contributed by atoms with van der Waals surface area (Å²) >= 11 is 0. The van der Waals surface area contributed by atoms with Crippen molar-refractivity contribution < 1.29 is 13.9 Å². The first kappa shape index (κ1) is 17.7. The van der Waals surface area contributed by atoms with E-state index in [1.807, 2.05) is 6.07 Å². The summed E-state index contributed by atoms with van der Waals surface area (Å²) < 4.78 is 20.0. The summed E-state index contributed by atoms with van der Waals surface area (Å²) in [5.41, 5.74) is 1.32. The van der Waals surface area contributed by atoms with E-state index in [-0.39, 0.29) is 23.3 Å². The van der Waals surface area contributed by atoms with Crippen molar-refractivity contribution in [3.05, 3.63) is 29.6 Å². The van der Waals surface area contributed by atoms with Crippen LogP contribution in [0.4, 0.5) is 14.9 Å². The van der Waals surface area contributed by atoms with E-state index < -0.39 is 0 Å². The van der Waals surface area contributed by atoms with E-state index >= 15 is 0 Å². The number of carbonyl (C=O) groups is 1. The third-order valence-corrected chi connectivity index (χ3v) is 6.30. The third kappa shape index (κ3) is 3.09. The van der Waals surface area contributed by atoms with Crippen molar-refractivity contribution in [1.82, 2.24) is 10.2 Å². The molecule has 1 aromatic carbocycles. The predicted molar refractivity (Wildman–Crippen MR) is 99.1 cm³/mol. The fraction of sp³-hybridized carbons (Fsp3) is 0.650. The Morgan fingerprint density at radius 3 is 2.77 bits per heavy atom. The van der Waals surface area contributed by atoms with Crippen LogP contribution < -0.4 is 10.2 Å². The molecule has 4 rings (SSSR count). The quantitative estimate of drug-likeness (QED) is 0.900. The summed E-state index contributed by atoms with van der Waals surface area (Å²) in [5, 5.41) is 3.07. The molecule has 1 N–H and O–H groups in total. The van der Waals surface area contributed by atoms with Gasteiger partial charge in [0.2, 0.25) is 0 Å². The van der Waals surface area contributed by atoms with Gasteiger partial charge in [-0.2, -0.15) is 0 Å². The first-order valence-electron chi connectivity index (χ1n) is 9.77. The highest BCUT2D eigenvalue weighted by Gasteiger charge is 2.48. The van der Waals surface area contributed by atoms with Gasteiger partial charge in [0.1, 0.15) is 5.82 Å². The lowest BCUT2D eigenvalue weighted by Crippen LogP contribution is -2.50. The molecule has 2 heterocycles. The molecule has 1 saturated carbocycles. The number of carbonyl (C=O) groups excluding carboxylic acids is 1.